The molecule has 2 atom stereocenters. The number of hydrogen-bond donors (Lipinski definition) is 0. The lowest BCUT2D eigenvalue weighted by atomic mass is 9.94. The molecule has 2 rings (SSSR count). The van der Waals surface area contributed by atoms with Crippen LogP contribution in [-0.2, 0) is 4.79 Å². The number of rotatable bonds is 3. The molecule has 1 saturated heterocycles. The number of Topliss-reactive ketones (excluding diaryl/α,β-unsaturated/α-hetero) is 1. The molecule has 2 nitrogen and oxygen atoms in total. The molecule has 0 spiro atoms. The van der Waals surface area contributed by atoms with E-state index in [1.807, 2.05) is 18.2 Å². The maximum atomic E-state index is 11.9. The van der Waals surface area contributed by atoms with Crippen LogP contribution in [0.1, 0.15) is 38.3 Å². The van der Waals surface area contributed by atoms with Crippen LogP contribution in [0.15, 0.2) is 30.3 Å². The minimum Gasteiger partial charge on any atom is -0.298 e. The maximum absolute atomic E-state index is 11.9. The standard InChI is InChI=1S/C15H21NO/c1-12-7-6-10-16(11-12)15(13(2)17)14-8-4-3-5-9-14/h3-5,8-9,12,15H,6-7,10-11H2,1-2H3/t12-,15+/m0/s1. The van der Waals surface area contributed by atoms with Gasteiger partial charge in [-0.05, 0) is 37.8 Å². The van der Waals surface area contributed by atoms with Crippen LogP contribution >= 0.6 is 0 Å². The van der Waals surface area contributed by atoms with Crippen molar-refractivity contribution in [2.75, 3.05) is 13.1 Å². The zero-order chi connectivity index (χ0) is 12.3. The average Bonchev–Trinajstić information content (AvgIpc) is 2.30. The predicted molar refractivity (Wildman–Crippen MR) is 69.8 cm³/mol. The van der Waals surface area contributed by atoms with Gasteiger partial charge in [-0.2, -0.15) is 0 Å². The summed E-state index contributed by atoms with van der Waals surface area (Å²) >= 11 is 0. The number of hydrogen-bond acceptors (Lipinski definition) is 2. The Kier molecular flexibility index (Phi) is 3.95. The Balaban J connectivity index is 2.20. The summed E-state index contributed by atoms with van der Waals surface area (Å²) in [5, 5.41) is 0. The lowest BCUT2D eigenvalue weighted by Gasteiger charge is -2.36. The van der Waals surface area contributed by atoms with Gasteiger partial charge in [0.1, 0.15) is 0 Å². The molecule has 2 heteroatoms. The summed E-state index contributed by atoms with van der Waals surface area (Å²) in [7, 11) is 0. The van der Waals surface area contributed by atoms with E-state index in [-0.39, 0.29) is 11.8 Å². The second kappa shape index (κ2) is 5.46. The number of benzene rings is 1. The highest BCUT2D eigenvalue weighted by Gasteiger charge is 2.27. The third-order valence-corrected chi connectivity index (χ3v) is 3.55. The van der Waals surface area contributed by atoms with Gasteiger partial charge >= 0.3 is 0 Å². The smallest absolute Gasteiger partial charge is 0.151 e. The van der Waals surface area contributed by atoms with Crippen molar-refractivity contribution in [2.24, 2.45) is 5.92 Å². The first-order valence-corrected chi connectivity index (χ1v) is 6.48. The van der Waals surface area contributed by atoms with Crippen LogP contribution in [0.3, 0.4) is 0 Å². The van der Waals surface area contributed by atoms with Crippen LogP contribution in [0.5, 0.6) is 0 Å². The van der Waals surface area contributed by atoms with Crippen molar-refractivity contribution in [2.45, 2.75) is 32.7 Å². The van der Waals surface area contributed by atoms with Gasteiger partial charge in [-0.25, -0.2) is 0 Å². The van der Waals surface area contributed by atoms with Crippen LogP contribution in [0.4, 0.5) is 0 Å². The first kappa shape index (κ1) is 12.3. The molecule has 0 saturated carbocycles. The van der Waals surface area contributed by atoms with E-state index in [2.05, 4.69) is 24.0 Å². The molecule has 1 fully saturated rings. The van der Waals surface area contributed by atoms with Gasteiger partial charge in [0.05, 0.1) is 6.04 Å². The zero-order valence-electron chi connectivity index (χ0n) is 10.7. The number of ketones is 1. The average molecular weight is 231 g/mol. The number of carbonyl (C=O) groups is 1. The molecule has 0 unspecified atom stereocenters. The largest absolute Gasteiger partial charge is 0.298 e. The Labute approximate surface area is 104 Å². The molecule has 92 valence electrons. The summed E-state index contributed by atoms with van der Waals surface area (Å²) in [6.07, 6.45) is 2.49. The molecule has 1 aliphatic rings. The highest BCUT2D eigenvalue weighted by Crippen LogP contribution is 2.27. The van der Waals surface area contributed by atoms with Gasteiger partial charge < -0.3 is 0 Å². The maximum Gasteiger partial charge on any atom is 0.151 e. The quantitative estimate of drug-likeness (QED) is 0.797. The van der Waals surface area contributed by atoms with Crippen LogP contribution in [0.25, 0.3) is 0 Å². The molecule has 0 aliphatic carbocycles. The van der Waals surface area contributed by atoms with Crippen molar-refractivity contribution >= 4 is 5.78 Å². The second-order valence-electron chi connectivity index (χ2n) is 5.17. The second-order valence-corrected chi connectivity index (χ2v) is 5.17. The summed E-state index contributed by atoms with van der Waals surface area (Å²) in [6.45, 7) is 6.06. The summed E-state index contributed by atoms with van der Waals surface area (Å²) in [5.74, 6) is 0.958. The van der Waals surface area contributed by atoms with Gasteiger partial charge in [-0.1, -0.05) is 37.3 Å². The molecule has 1 aromatic rings. The Morgan fingerprint density at radius 3 is 2.65 bits per heavy atom. The van der Waals surface area contributed by atoms with Crippen LogP contribution in [-0.4, -0.2) is 23.8 Å². The Morgan fingerprint density at radius 1 is 1.35 bits per heavy atom. The van der Waals surface area contributed by atoms with E-state index in [1.165, 1.54) is 12.8 Å². The monoisotopic (exact) mass is 231 g/mol. The number of carbonyl (C=O) groups excluding carboxylic acids is 1. The molecule has 0 amide bonds. The SMILES string of the molecule is CC(=O)[C@H](c1ccccc1)N1CCC[C@H](C)C1. The number of piperidine rings is 1. The van der Waals surface area contributed by atoms with E-state index >= 15 is 0 Å². The molecule has 0 bridgehead atoms. The summed E-state index contributed by atoms with van der Waals surface area (Å²) in [6, 6.07) is 10.1. The first-order valence-electron chi connectivity index (χ1n) is 6.48. The lowest BCUT2D eigenvalue weighted by Crippen LogP contribution is -2.40. The molecule has 1 heterocycles. The minimum absolute atomic E-state index is 0.0426. The summed E-state index contributed by atoms with van der Waals surface area (Å²) in [5.41, 5.74) is 1.13. The van der Waals surface area contributed by atoms with Crippen molar-refractivity contribution in [1.82, 2.24) is 4.90 Å². The fourth-order valence-corrected chi connectivity index (χ4v) is 2.80. The van der Waals surface area contributed by atoms with Gasteiger partial charge in [-0.3, -0.25) is 9.69 Å². The van der Waals surface area contributed by atoms with Crippen LogP contribution in [0.2, 0.25) is 0 Å². The third kappa shape index (κ3) is 2.95. The molecule has 17 heavy (non-hydrogen) atoms. The zero-order valence-corrected chi connectivity index (χ0v) is 10.7. The van der Waals surface area contributed by atoms with E-state index in [9.17, 15) is 4.79 Å². The van der Waals surface area contributed by atoms with Crippen LogP contribution < -0.4 is 0 Å². The van der Waals surface area contributed by atoms with Crippen LogP contribution in [0, 0.1) is 5.92 Å². The molecular formula is C15H21NO. The van der Waals surface area contributed by atoms with E-state index in [4.69, 9.17) is 0 Å². The van der Waals surface area contributed by atoms with E-state index < -0.39 is 0 Å². The third-order valence-electron chi connectivity index (χ3n) is 3.55. The fourth-order valence-electron chi connectivity index (χ4n) is 2.80. The van der Waals surface area contributed by atoms with E-state index in [1.54, 1.807) is 6.92 Å². The van der Waals surface area contributed by atoms with Gasteiger partial charge in [0, 0.05) is 6.54 Å². The minimum atomic E-state index is -0.0426. The Morgan fingerprint density at radius 2 is 2.06 bits per heavy atom. The van der Waals surface area contributed by atoms with Crippen molar-refractivity contribution in [3.05, 3.63) is 35.9 Å². The van der Waals surface area contributed by atoms with Crippen molar-refractivity contribution < 1.29 is 4.79 Å². The van der Waals surface area contributed by atoms with Gasteiger partial charge in [0.15, 0.2) is 5.78 Å². The Bertz CT molecular complexity index is 374. The molecule has 1 aromatic carbocycles. The van der Waals surface area contributed by atoms with Gasteiger partial charge in [0.2, 0.25) is 0 Å². The van der Waals surface area contributed by atoms with Gasteiger partial charge in [0.25, 0.3) is 0 Å². The summed E-state index contributed by atoms with van der Waals surface area (Å²) in [4.78, 5) is 14.2. The van der Waals surface area contributed by atoms with Crippen molar-refractivity contribution in [1.29, 1.82) is 0 Å². The first-order chi connectivity index (χ1) is 8.18. The molecular weight excluding hydrogens is 210 g/mol. The van der Waals surface area contributed by atoms with Crippen molar-refractivity contribution in [3.63, 3.8) is 0 Å². The van der Waals surface area contributed by atoms with E-state index in [0.717, 1.165) is 18.7 Å². The van der Waals surface area contributed by atoms with Crippen molar-refractivity contribution in [3.8, 4) is 0 Å². The molecule has 1 aliphatic heterocycles. The predicted octanol–water partition coefficient (Wildman–Crippen LogP) is 3.05. The normalized spacial score (nSPS) is 23.3. The summed E-state index contributed by atoms with van der Waals surface area (Å²) < 4.78 is 0. The number of likely N-dealkylation sites (tertiary alicyclic amines) is 1. The van der Waals surface area contributed by atoms with E-state index in [0.29, 0.717) is 5.92 Å². The number of nitrogens with zero attached hydrogens (tertiary/aromatic N) is 1. The molecule has 0 radical (unpaired) electrons. The van der Waals surface area contributed by atoms with Gasteiger partial charge in [-0.15, -0.1) is 0 Å². The lowest BCUT2D eigenvalue weighted by molar-refractivity contribution is -0.123. The molecule has 0 aromatic heterocycles. The Hall–Kier alpha value is -1.15. The topological polar surface area (TPSA) is 20.3 Å². The molecule has 0 N–H and O–H groups in total. The highest BCUT2D eigenvalue weighted by molar-refractivity contribution is 5.82. The fraction of sp³-hybridized carbons (Fsp3) is 0.533. The highest BCUT2D eigenvalue weighted by atomic mass is 16.1.